The molecular formula is C6H11F2N3O2S2. The second kappa shape index (κ2) is 4.99. The van der Waals surface area contributed by atoms with Crippen LogP contribution in [0.3, 0.4) is 0 Å². The first-order chi connectivity index (χ1) is 6.69. The van der Waals surface area contributed by atoms with E-state index < -0.39 is 34.9 Å². The highest BCUT2D eigenvalue weighted by Gasteiger charge is 2.43. The average Bonchev–Trinajstić information content (AvgIpc) is 2.17. The van der Waals surface area contributed by atoms with E-state index in [1.165, 1.54) is 5.32 Å². The summed E-state index contributed by atoms with van der Waals surface area (Å²) < 4.78 is 26.5. The Kier molecular flexibility index (Phi) is 4.81. The maximum absolute atomic E-state index is 13.4. The van der Waals surface area contributed by atoms with Crippen LogP contribution in [0.25, 0.3) is 0 Å². The van der Waals surface area contributed by atoms with Crippen molar-refractivity contribution < 1.29 is 18.4 Å². The fourth-order valence-electron chi connectivity index (χ4n) is 0.535. The quantitative estimate of drug-likeness (QED) is 0.315. The molecule has 0 aliphatic carbocycles. The summed E-state index contributed by atoms with van der Waals surface area (Å²) in [6.07, 6.45) is 0. The number of primary amides is 1. The molecule has 15 heavy (non-hydrogen) atoms. The summed E-state index contributed by atoms with van der Waals surface area (Å²) in [6.45, 7) is 0. The number of alkyl halides is 2. The van der Waals surface area contributed by atoms with E-state index in [9.17, 15) is 18.4 Å². The zero-order chi connectivity index (χ0) is 12.3. The van der Waals surface area contributed by atoms with Gasteiger partial charge < -0.3 is 11.1 Å². The van der Waals surface area contributed by atoms with Gasteiger partial charge in [-0.2, -0.15) is 25.3 Å². The van der Waals surface area contributed by atoms with Crippen LogP contribution in [0.15, 0.2) is 0 Å². The summed E-state index contributed by atoms with van der Waals surface area (Å²) in [5.74, 6) is -10.2. The molecule has 5 N–H and O–H groups in total. The van der Waals surface area contributed by atoms with Crippen LogP contribution in [0.4, 0.5) is 8.78 Å². The Morgan fingerprint density at radius 2 is 1.73 bits per heavy atom. The fourth-order valence-corrected chi connectivity index (χ4v) is 0.913. The molecule has 1 unspecified atom stereocenters. The number of hydrogen-bond donors (Lipinski definition) is 5. The number of hydrogen-bond acceptors (Lipinski definition) is 5. The number of amides is 2. The third kappa shape index (κ3) is 3.50. The Morgan fingerprint density at radius 1 is 1.27 bits per heavy atom. The van der Waals surface area contributed by atoms with Crippen LogP contribution in [-0.2, 0) is 9.59 Å². The van der Waals surface area contributed by atoms with Crippen LogP contribution >= 0.6 is 25.3 Å². The summed E-state index contributed by atoms with van der Waals surface area (Å²) in [6, 6.07) is 0. The maximum Gasteiger partial charge on any atom is 0.276 e. The van der Waals surface area contributed by atoms with Crippen LogP contribution < -0.4 is 16.8 Å². The van der Waals surface area contributed by atoms with Gasteiger partial charge in [0.2, 0.25) is 5.79 Å². The van der Waals surface area contributed by atoms with Crippen molar-refractivity contribution in [2.45, 2.75) is 11.6 Å². The zero-order valence-electron chi connectivity index (χ0n) is 7.54. The van der Waals surface area contributed by atoms with E-state index in [1.54, 1.807) is 0 Å². The van der Waals surface area contributed by atoms with Crippen molar-refractivity contribution in [3.63, 3.8) is 0 Å². The Bertz CT molecular complexity index is 277. The molecule has 2 atom stereocenters. The first-order valence-electron chi connectivity index (χ1n) is 3.70. The number of nitrogens with one attached hydrogen (secondary N) is 1. The molecule has 0 aliphatic rings. The Balaban J connectivity index is 4.72. The third-order valence-electron chi connectivity index (χ3n) is 1.53. The van der Waals surface area contributed by atoms with Crippen molar-refractivity contribution >= 4 is 37.1 Å². The normalized spacial score (nSPS) is 18.7. The molecule has 0 saturated heterocycles. The van der Waals surface area contributed by atoms with Crippen molar-refractivity contribution in [3.05, 3.63) is 0 Å². The lowest BCUT2D eigenvalue weighted by atomic mass is 10.2. The molecule has 0 fully saturated rings. The Morgan fingerprint density at radius 3 is 2.00 bits per heavy atom. The molecule has 0 bridgehead atoms. The lowest BCUT2D eigenvalue weighted by molar-refractivity contribution is -0.142. The van der Waals surface area contributed by atoms with Gasteiger partial charge in [-0.15, -0.1) is 0 Å². The second-order valence-electron chi connectivity index (χ2n) is 2.80. The molecule has 0 heterocycles. The third-order valence-corrected chi connectivity index (χ3v) is 2.42. The molecule has 0 aromatic rings. The number of thiol groups is 2. The van der Waals surface area contributed by atoms with E-state index in [1.807, 2.05) is 0 Å². The van der Waals surface area contributed by atoms with Crippen molar-refractivity contribution in [2.24, 2.45) is 11.5 Å². The SMILES string of the molecule is NC(=O)C(F)(CS)NC(=O)[C@@](N)(F)CS. The number of rotatable bonds is 5. The molecule has 2 amide bonds. The van der Waals surface area contributed by atoms with Gasteiger partial charge in [-0.3, -0.25) is 15.3 Å². The molecule has 88 valence electrons. The minimum atomic E-state index is -2.93. The van der Waals surface area contributed by atoms with E-state index in [0.29, 0.717) is 0 Å². The maximum atomic E-state index is 13.4. The molecule has 0 aliphatic heterocycles. The van der Waals surface area contributed by atoms with Crippen molar-refractivity contribution in [1.29, 1.82) is 0 Å². The van der Waals surface area contributed by atoms with Crippen LogP contribution in [-0.4, -0.2) is 34.9 Å². The van der Waals surface area contributed by atoms with Gasteiger partial charge in [0.15, 0.2) is 0 Å². The molecule has 0 spiro atoms. The Labute approximate surface area is 95.8 Å². The summed E-state index contributed by atoms with van der Waals surface area (Å²) in [4.78, 5) is 21.6. The number of carbonyl (C=O) groups excluding carboxylic acids is 2. The number of halogens is 2. The predicted molar refractivity (Wildman–Crippen MR) is 56.9 cm³/mol. The second-order valence-corrected chi connectivity index (χ2v) is 3.43. The van der Waals surface area contributed by atoms with E-state index in [0.717, 1.165) is 0 Å². The highest BCUT2D eigenvalue weighted by Crippen LogP contribution is 2.12. The van der Waals surface area contributed by atoms with E-state index in [-0.39, 0.29) is 0 Å². The first-order valence-corrected chi connectivity index (χ1v) is 4.97. The van der Waals surface area contributed by atoms with Crippen LogP contribution in [0.5, 0.6) is 0 Å². The highest BCUT2D eigenvalue weighted by atomic mass is 32.1. The molecular weight excluding hydrogens is 248 g/mol. The molecule has 9 heteroatoms. The predicted octanol–water partition coefficient (Wildman–Crippen LogP) is -1.26. The number of nitrogens with two attached hydrogens (primary N) is 2. The molecule has 0 saturated carbocycles. The van der Waals surface area contributed by atoms with Gasteiger partial charge in [0.25, 0.3) is 17.6 Å². The highest BCUT2D eigenvalue weighted by molar-refractivity contribution is 7.80. The van der Waals surface area contributed by atoms with Gasteiger partial charge in [-0.25, -0.2) is 8.78 Å². The minimum absolute atomic E-state index is 0.666. The standard InChI is InChI=1S/C6H11F2N3O2S2/c7-5(10,1-14)4(13)11-6(8,2-15)3(9)12/h14-15H,1-2,10H2,(H2,9,12)(H,11,13)/t5-,6?/m1/s1. The largest absolute Gasteiger partial charge is 0.365 e. The summed E-state index contributed by atoms with van der Waals surface area (Å²) in [5, 5.41) is 1.43. The van der Waals surface area contributed by atoms with Gasteiger partial charge in [0.1, 0.15) is 0 Å². The fraction of sp³-hybridized carbons (Fsp3) is 0.667. The van der Waals surface area contributed by atoms with Crippen molar-refractivity contribution in [3.8, 4) is 0 Å². The van der Waals surface area contributed by atoms with E-state index in [4.69, 9.17) is 5.73 Å². The van der Waals surface area contributed by atoms with Crippen molar-refractivity contribution in [2.75, 3.05) is 11.5 Å². The van der Waals surface area contributed by atoms with Gasteiger partial charge in [-0.05, 0) is 0 Å². The van der Waals surface area contributed by atoms with Crippen LogP contribution in [0, 0.1) is 0 Å². The first kappa shape index (κ1) is 14.5. The summed E-state index contributed by atoms with van der Waals surface area (Å²) in [7, 11) is 0. The molecule has 0 radical (unpaired) electrons. The average molecular weight is 259 g/mol. The summed E-state index contributed by atoms with van der Waals surface area (Å²) in [5.41, 5.74) is 9.48. The lowest BCUT2D eigenvalue weighted by Gasteiger charge is -2.25. The smallest absolute Gasteiger partial charge is 0.276 e. The van der Waals surface area contributed by atoms with Crippen LogP contribution in [0.1, 0.15) is 0 Å². The molecule has 0 aromatic heterocycles. The molecule has 5 nitrogen and oxygen atoms in total. The Hall–Kier alpha value is -0.540. The topological polar surface area (TPSA) is 98.2 Å². The van der Waals surface area contributed by atoms with E-state index >= 15 is 0 Å². The van der Waals surface area contributed by atoms with Gasteiger partial charge in [-0.1, -0.05) is 0 Å². The van der Waals surface area contributed by atoms with Crippen molar-refractivity contribution in [1.82, 2.24) is 5.32 Å². The zero-order valence-corrected chi connectivity index (χ0v) is 9.32. The lowest BCUT2D eigenvalue weighted by Crippen LogP contribution is -2.62. The van der Waals surface area contributed by atoms with Gasteiger partial charge in [0, 0.05) is 5.75 Å². The summed E-state index contributed by atoms with van der Waals surface area (Å²) >= 11 is 6.92. The molecule has 0 rings (SSSR count). The minimum Gasteiger partial charge on any atom is -0.365 e. The monoisotopic (exact) mass is 259 g/mol. The van der Waals surface area contributed by atoms with Crippen LogP contribution in [0.2, 0.25) is 0 Å². The van der Waals surface area contributed by atoms with Gasteiger partial charge >= 0.3 is 0 Å². The van der Waals surface area contributed by atoms with E-state index in [2.05, 4.69) is 31.0 Å². The van der Waals surface area contributed by atoms with Gasteiger partial charge in [0.05, 0.1) is 5.75 Å². The number of carbonyl (C=O) groups is 2. The molecule has 0 aromatic carbocycles.